The van der Waals surface area contributed by atoms with E-state index in [0.29, 0.717) is 11.3 Å². The van der Waals surface area contributed by atoms with Crippen LogP contribution in [-0.2, 0) is 27.2 Å². The first-order valence-electron chi connectivity index (χ1n) is 11.1. The summed E-state index contributed by atoms with van der Waals surface area (Å²) in [5.41, 5.74) is 3.63. The molecule has 5 heteroatoms. The van der Waals surface area contributed by atoms with Gasteiger partial charge >= 0.3 is 5.97 Å². The van der Waals surface area contributed by atoms with Gasteiger partial charge in [0.05, 0.1) is 6.42 Å². The lowest BCUT2D eigenvalue weighted by molar-refractivity contribution is -0.153. The zero-order valence-corrected chi connectivity index (χ0v) is 18.8. The fourth-order valence-electron chi connectivity index (χ4n) is 3.17. The summed E-state index contributed by atoms with van der Waals surface area (Å²) in [5.74, 6) is -1.07. The van der Waals surface area contributed by atoms with Crippen LogP contribution in [0.4, 0.5) is 5.69 Å². The minimum absolute atomic E-state index is 0.0557. The number of benzene rings is 2. The Hall–Kier alpha value is -2.95. The highest BCUT2D eigenvalue weighted by Crippen LogP contribution is 2.13. The van der Waals surface area contributed by atoms with Crippen LogP contribution in [0.25, 0.3) is 0 Å². The molecule has 0 unspecified atom stereocenters. The maximum atomic E-state index is 12.3. The Bertz CT molecular complexity index is 856. The summed E-state index contributed by atoms with van der Waals surface area (Å²) in [4.78, 5) is 36.7. The highest BCUT2D eigenvalue weighted by Gasteiger charge is 2.19. The largest absolute Gasteiger partial charge is 0.453 e. The van der Waals surface area contributed by atoms with Crippen LogP contribution in [0.3, 0.4) is 0 Å². The Morgan fingerprint density at radius 2 is 1.52 bits per heavy atom. The van der Waals surface area contributed by atoms with Crippen LogP contribution in [0.1, 0.15) is 74.4 Å². The fourth-order valence-corrected chi connectivity index (χ4v) is 3.17. The highest BCUT2D eigenvalue weighted by atomic mass is 16.5. The number of ketones is 1. The molecule has 0 bridgehead atoms. The number of ether oxygens (including phenoxy) is 1. The average molecular weight is 424 g/mol. The number of rotatable bonds is 12. The molecule has 0 aromatic heterocycles. The number of amides is 1. The average Bonchev–Trinajstić information content (AvgIpc) is 2.78. The molecule has 0 saturated heterocycles. The number of hydrogen-bond acceptors (Lipinski definition) is 4. The first-order chi connectivity index (χ1) is 14.9. The summed E-state index contributed by atoms with van der Waals surface area (Å²) in [5, 5.41) is 2.73. The first kappa shape index (κ1) is 24.3. The van der Waals surface area contributed by atoms with Crippen LogP contribution in [-0.4, -0.2) is 23.8 Å². The number of unbranched alkanes of at least 4 members (excludes halogenated alkanes) is 2. The minimum atomic E-state index is -0.934. The van der Waals surface area contributed by atoms with Crippen molar-refractivity contribution in [2.75, 3.05) is 5.32 Å². The van der Waals surface area contributed by atoms with E-state index in [1.165, 1.54) is 30.9 Å². The number of carbonyl (C=O) groups excluding carboxylic acids is 3. The molecule has 0 saturated carbocycles. The molecule has 31 heavy (non-hydrogen) atoms. The van der Waals surface area contributed by atoms with E-state index in [2.05, 4.69) is 19.2 Å². The zero-order valence-electron chi connectivity index (χ0n) is 18.8. The number of hydrogen-bond donors (Lipinski definition) is 1. The van der Waals surface area contributed by atoms with Gasteiger partial charge in [-0.15, -0.1) is 0 Å². The summed E-state index contributed by atoms with van der Waals surface area (Å²) >= 11 is 0. The van der Waals surface area contributed by atoms with Gasteiger partial charge in [-0.2, -0.15) is 0 Å². The molecule has 2 aromatic carbocycles. The van der Waals surface area contributed by atoms with Crippen LogP contribution in [0, 0.1) is 0 Å². The van der Waals surface area contributed by atoms with Gasteiger partial charge in [0, 0.05) is 17.7 Å². The predicted octanol–water partition coefficient (Wildman–Crippen LogP) is 5.52. The summed E-state index contributed by atoms with van der Waals surface area (Å²) in [6.07, 6.45) is 4.52. The first-order valence-corrected chi connectivity index (χ1v) is 11.1. The second-order valence-electron chi connectivity index (χ2n) is 7.75. The van der Waals surface area contributed by atoms with Gasteiger partial charge in [0.1, 0.15) is 0 Å². The second kappa shape index (κ2) is 12.7. The zero-order chi connectivity index (χ0) is 22.6. The highest BCUT2D eigenvalue weighted by molar-refractivity contribution is 5.98. The Balaban J connectivity index is 1.75. The van der Waals surface area contributed by atoms with Crippen molar-refractivity contribution in [3.8, 4) is 0 Å². The van der Waals surface area contributed by atoms with E-state index in [-0.39, 0.29) is 18.6 Å². The fraction of sp³-hybridized carbons (Fsp3) is 0.423. The van der Waals surface area contributed by atoms with Crippen LogP contribution in [0.5, 0.6) is 0 Å². The maximum Gasteiger partial charge on any atom is 0.307 e. The molecule has 2 aromatic rings. The Morgan fingerprint density at radius 1 is 0.871 bits per heavy atom. The number of esters is 1. The molecule has 1 atom stereocenters. The third-order valence-corrected chi connectivity index (χ3v) is 5.21. The van der Waals surface area contributed by atoms with Gasteiger partial charge in [0.2, 0.25) is 0 Å². The molecule has 0 aliphatic carbocycles. The van der Waals surface area contributed by atoms with E-state index >= 15 is 0 Å². The maximum absolute atomic E-state index is 12.3. The molecule has 0 heterocycles. The van der Waals surface area contributed by atoms with Gasteiger partial charge in [-0.3, -0.25) is 14.4 Å². The topological polar surface area (TPSA) is 72.5 Å². The van der Waals surface area contributed by atoms with Gasteiger partial charge in [-0.1, -0.05) is 63.1 Å². The van der Waals surface area contributed by atoms with Crippen molar-refractivity contribution in [3.05, 3.63) is 65.2 Å². The number of aryl methyl sites for hydroxylation is 2. The van der Waals surface area contributed by atoms with E-state index in [4.69, 9.17) is 4.74 Å². The van der Waals surface area contributed by atoms with Crippen molar-refractivity contribution < 1.29 is 19.1 Å². The summed E-state index contributed by atoms with van der Waals surface area (Å²) in [7, 11) is 0. The van der Waals surface area contributed by atoms with Crippen molar-refractivity contribution in [1.29, 1.82) is 0 Å². The standard InChI is InChI=1S/C26H33NO4/c1-4-6-7-8-21-9-13-22(14-10-21)24(28)17-18-25(29)31-19(3)26(30)27-23-15-11-20(5-2)12-16-23/h9-16,19H,4-8,17-18H2,1-3H3,(H,27,30)/t19-/m1/s1. The second-order valence-corrected chi connectivity index (χ2v) is 7.75. The molecular formula is C26H33NO4. The van der Waals surface area contributed by atoms with E-state index in [1.54, 1.807) is 0 Å². The van der Waals surface area contributed by atoms with Crippen LogP contribution in [0.2, 0.25) is 0 Å². The molecule has 1 N–H and O–H groups in total. The minimum Gasteiger partial charge on any atom is -0.453 e. The smallest absolute Gasteiger partial charge is 0.307 e. The number of Topliss-reactive ketones (excluding diaryl/α,β-unsaturated/α-hetero) is 1. The van der Waals surface area contributed by atoms with Crippen molar-refractivity contribution in [2.24, 2.45) is 0 Å². The van der Waals surface area contributed by atoms with Gasteiger partial charge < -0.3 is 10.1 Å². The number of anilines is 1. The summed E-state index contributed by atoms with van der Waals surface area (Å²) in [6, 6.07) is 15.1. The molecule has 1 amide bonds. The third kappa shape index (κ3) is 8.36. The molecule has 0 spiro atoms. The van der Waals surface area contributed by atoms with Gasteiger partial charge in [0.25, 0.3) is 5.91 Å². The molecule has 0 radical (unpaired) electrons. The van der Waals surface area contributed by atoms with Gasteiger partial charge in [-0.25, -0.2) is 0 Å². The molecule has 0 aliphatic heterocycles. The van der Waals surface area contributed by atoms with Crippen LogP contribution < -0.4 is 5.32 Å². The molecular weight excluding hydrogens is 390 g/mol. The Morgan fingerprint density at radius 3 is 2.13 bits per heavy atom. The van der Waals surface area contributed by atoms with Crippen molar-refractivity contribution >= 4 is 23.3 Å². The quantitative estimate of drug-likeness (QED) is 0.277. The van der Waals surface area contributed by atoms with E-state index in [1.807, 2.05) is 48.5 Å². The molecule has 2 rings (SSSR count). The lowest BCUT2D eigenvalue weighted by Gasteiger charge is -2.13. The van der Waals surface area contributed by atoms with Crippen LogP contribution in [0.15, 0.2) is 48.5 Å². The molecule has 0 fully saturated rings. The summed E-state index contributed by atoms with van der Waals surface area (Å²) in [6.45, 7) is 5.75. The van der Waals surface area contributed by atoms with Gasteiger partial charge in [-0.05, 0) is 49.4 Å². The van der Waals surface area contributed by atoms with Crippen molar-refractivity contribution in [2.45, 2.75) is 71.8 Å². The lowest BCUT2D eigenvalue weighted by Crippen LogP contribution is -2.30. The molecule has 5 nitrogen and oxygen atoms in total. The van der Waals surface area contributed by atoms with E-state index in [9.17, 15) is 14.4 Å². The van der Waals surface area contributed by atoms with E-state index in [0.717, 1.165) is 19.3 Å². The SMILES string of the molecule is CCCCCc1ccc(C(=O)CCC(=O)O[C@H](C)C(=O)Nc2ccc(CC)cc2)cc1. The number of nitrogens with one attached hydrogen (secondary N) is 1. The monoisotopic (exact) mass is 423 g/mol. The third-order valence-electron chi connectivity index (χ3n) is 5.21. The van der Waals surface area contributed by atoms with Crippen molar-refractivity contribution in [3.63, 3.8) is 0 Å². The lowest BCUT2D eigenvalue weighted by atomic mass is 10.0. The molecule has 0 aliphatic rings. The van der Waals surface area contributed by atoms with Crippen molar-refractivity contribution in [1.82, 2.24) is 0 Å². The molecule has 166 valence electrons. The predicted molar refractivity (Wildman–Crippen MR) is 123 cm³/mol. The Labute approximate surface area is 185 Å². The van der Waals surface area contributed by atoms with Crippen LogP contribution >= 0.6 is 0 Å². The van der Waals surface area contributed by atoms with Gasteiger partial charge in [0.15, 0.2) is 11.9 Å². The normalized spacial score (nSPS) is 11.6. The van der Waals surface area contributed by atoms with E-state index < -0.39 is 18.0 Å². The summed E-state index contributed by atoms with van der Waals surface area (Å²) < 4.78 is 5.19. The number of carbonyl (C=O) groups is 3. The Kier molecular flexibility index (Phi) is 9.95.